The largest absolute Gasteiger partial charge is 0.352 e. The average Bonchev–Trinajstić information content (AvgIpc) is 2.38. The minimum atomic E-state index is -0.326. The molecule has 0 saturated carbocycles. The number of rotatable bonds is 7. The van der Waals surface area contributed by atoms with E-state index >= 15 is 0 Å². The van der Waals surface area contributed by atoms with Crippen LogP contribution in [0.25, 0.3) is 0 Å². The molecule has 0 atom stereocenters. The summed E-state index contributed by atoms with van der Waals surface area (Å²) in [5.41, 5.74) is 0.498. The van der Waals surface area contributed by atoms with Gasteiger partial charge in [0.15, 0.2) is 0 Å². The summed E-state index contributed by atoms with van der Waals surface area (Å²) in [6.07, 6.45) is 8.49. The monoisotopic (exact) mass is 249 g/mol. The fraction of sp³-hybridized carbons (Fsp3) is 0.400. The van der Waals surface area contributed by atoms with Crippen LogP contribution >= 0.6 is 0 Å². The highest BCUT2D eigenvalue weighted by Crippen LogP contribution is 2.02. The van der Waals surface area contributed by atoms with Gasteiger partial charge in [-0.3, -0.25) is 4.79 Å². The Morgan fingerprint density at radius 1 is 1.22 bits per heavy atom. The van der Waals surface area contributed by atoms with Crippen molar-refractivity contribution in [2.45, 2.75) is 32.6 Å². The van der Waals surface area contributed by atoms with Crippen LogP contribution < -0.4 is 5.32 Å². The Balaban J connectivity index is 2.19. The fourth-order valence-electron chi connectivity index (χ4n) is 1.53. The van der Waals surface area contributed by atoms with E-state index in [9.17, 15) is 9.18 Å². The minimum Gasteiger partial charge on any atom is -0.352 e. The van der Waals surface area contributed by atoms with Crippen molar-refractivity contribution in [2.24, 2.45) is 0 Å². The van der Waals surface area contributed by atoms with E-state index in [4.69, 9.17) is 0 Å². The van der Waals surface area contributed by atoms with E-state index < -0.39 is 0 Å². The Labute approximate surface area is 108 Å². The number of benzene rings is 1. The van der Waals surface area contributed by atoms with Gasteiger partial charge in [-0.05, 0) is 43.5 Å². The molecular formula is C15H20FNO. The van der Waals surface area contributed by atoms with E-state index in [1.807, 2.05) is 0 Å². The summed E-state index contributed by atoms with van der Waals surface area (Å²) in [5, 5.41) is 2.81. The molecule has 3 heteroatoms. The molecule has 0 aliphatic heterocycles. The van der Waals surface area contributed by atoms with Crippen LogP contribution in [0.4, 0.5) is 4.39 Å². The maximum Gasteiger partial charge on any atom is 0.251 e. The molecule has 0 heterocycles. The van der Waals surface area contributed by atoms with Gasteiger partial charge in [-0.1, -0.05) is 25.5 Å². The summed E-state index contributed by atoms with van der Waals surface area (Å²) in [6.45, 7) is 2.79. The molecule has 0 fully saturated rings. The highest BCUT2D eigenvalue weighted by Gasteiger charge is 2.03. The molecule has 0 aliphatic rings. The van der Waals surface area contributed by atoms with Crippen LogP contribution in [0.2, 0.25) is 0 Å². The Morgan fingerprint density at radius 3 is 2.56 bits per heavy atom. The zero-order valence-corrected chi connectivity index (χ0v) is 10.8. The number of hydrogen-bond donors (Lipinski definition) is 1. The van der Waals surface area contributed by atoms with Crippen LogP contribution in [-0.2, 0) is 0 Å². The summed E-state index contributed by atoms with van der Waals surface area (Å²) in [6, 6.07) is 5.57. The van der Waals surface area contributed by atoms with Gasteiger partial charge in [0.1, 0.15) is 5.82 Å². The maximum atomic E-state index is 12.7. The quantitative estimate of drug-likeness (QED) is 0.579. The van der Waals surface area contributed by atoms with E-state index in [-0.39, 0.29) is 11.7 Å². The van der Waals surface area contributed by atoms with E-state index in [1.54, 1.807) is 0 Å². The number of halogens is 1. The molecule has 1 amide bonds. The molecule has 1 rings (SSSR count). The first-order valence-electron chi connectivity index (χ1n) is 6.42. The van der Waals surface area contributed by atoms with Gasteiger partial charge in [0.2, 0.25) is 0 Å². The van der Waals surface area contributed by atoms with Crippen molar-refractivity contribution in [1.29, 1.82) is 0 Å². The van der Waals surface area contributed by atoms with Crippen LogP contribution in [0.5, 0.6) is 0 Å². The van der Waals surface area contributed by atoms with Crippen molar-refractivity contribution in [1.82, 2.24) is 5.32 Å². The van der Waals surface area contributed by atoms with Crippen molar-refractivity contribution in [3.63, 3.8) is 0 Å². The SMILES string of the molecule is CCC/C=C/CCCNC(=O)c1ccc(F)cc1. The molecule has 0 aliphatic carbocycles. The van der Waals surface area contributed by atoms with Gasteiger partial charge in [-0.15, -0.1) is 0 Å². The normalized spacial score (nSPS) is 10.8. The van der Waals surface area contributed by atoms with Gasteiger partial charge in [-0.2, -0.15) is 0 Å². The molecule has 1 aromatic rings. The van der Waals surface area contributed by atoms with Gasteiger partial charge in [0.05, 0.1) is 0 Å². The lowest BCUT2D eigenvalue weighted by Crippen LogP contribution is -2.24. The summed E-state index contributed by atoms with van der Waals surface area (Å²) in [7, 11) is 0. The molecule has 2 nitrogen and oxygen atoms in total. The third kappa shape index (κ3) is 5.62. The van der Waals surface area contributed by atoms with Gasteiger partial charge < -0.3 is 5.32 Å². The number of hydrogen-bond acceptors (Lipinski definition) is 1. The smallest absolute Gasteiger partial charge is 0.251 e. The summed E-state index contributed by atoms with van der Waals surface area (Å²) >= 11 is 0. The van der Waals surface area contributed by atoms with Crippen LogP contribution in [0, 0.1) is 5.82 Å². The first-order valence-corrected chi connectivity index (χ1v) is 6.42. The Hall–Kier alpha value is -1.64. The van der Waals surface area contributed by atoms with Gasteiger partial charge in [0.25, 0.3) is 5.91 Å². The molecule has 0 saturated heterocycles. The van der Waals surface area contributed by atoms with Gasteiger partial charge >= 0.3 is 0 Å². The zero-order valence-electron chi connectivity index (χ0n) is 10.8. The van der Waals surface area contributed by atoms with E-state index in [1.165, 1.54) is 24.3 Å². The number of carbonyl (C=O) groups excluding carboxylic acids is 1. The summed E-state index contributed by atoms with van der Waals surface area (Å²) in [4.78, 5) is 11.6. The molecule has 98 valence electrons. The summed E-state index contributed by atoms with van der Waals surface area (Å²) in [5.74, 6) is -0.472. The third-order valence-corrected chi connectivity index (χ3v) is 2.56. The van der Waals surface area contributed by atoms with Crippen LogP contribution in [-0.4, -0.2) is 12.5 Å². The van der Waals surface area contributed by atoms with Crippen molar-refractivity contribution in [2.75, 3.05) is 6.54 Å². The molecule has 0 bridgehead atoms. The molecule has 0 spiro atoms. The topological polar surface area (TPSA) is 29.1 Å². The first kappa shape index (κ1) is 14.4. The second-order valence-corrected chi connectivity index (χ2v) is 4.17. The lowest BCUT2D eigenvalue weighted by Gasteiger charge is -2.03. The highest BCUT2D eigenvalue weighted by molar-refractivity contribution is 5.94. The van der Waals surface area contributed by atoms with Crippen LogP contribution in [0.15, 0.2) is 36.4 Å². The van der Waals surface area contributed by atoms with E-state index in [2.05, 4.69) is 24.4 Å². The predicted octanol–water partition coefficient (Wildman–Crippen LogP) is 3.69. The Bertz CT molecular complexity index is 384. The van der Waals surface area contributed by atoms with Crippen molar-refractivity contribution >= 4 is 5.91 Å². The lowest BCUT2D eigenvalue weighted by molar-refractivity contribution is 0.0953. The van der Waals surface area contributed by atoms with Crippen molar-refractivity contribution in [3.05, 3.63) is 47.8 Å². The van der Waals surface area contributed by atoms with Crippen LogP contribution in [0.3, 0.4) is 0 Å². The molecule has 1 aromatic carbocycles. The average molecular weight is 249 g/mol. The summed E-state index contributed by atoms with van der Waals surface area (Å²) < 4.78 is 12.7. The van der Waals surface area contributed by atoms with Gasteiger partial charge in [-0.25, -0.2) is 4.39 Å². The molecule has 0 unspecified atom stereocenters. The van der Waals surface area contributed by atoms with E-state index in [0.29, 0.717) is 12.1 Å². The Morgan fingerprint density at radius 2 is 1.89 bits per heavy atom. The molecule has 0 aromatic heterocycles. The van der Waals surface area contributed by atoms with Crippen molar-refractivity contribution in [3.8, 4) is 0 Å². The molecule has 0 radical (unpaired) electrons. The third-order valence-electron chi connectivity index (χ3n) is 2.56. The fourth-order valence-corrected chi connectivity index (χ4v) is 1.53. The highest BCUT2D eigenvalue weighted by atomic mass is 19.1. The van der Waals surface area contributed by atoms with Crippen molar-refractivity contribution < 1.29 is 9.18 Å². The second kappa shape index (κ2) is 8.45. The first-order chi connectivity index (χ1) is 8.74. The Kier molecular flexibility index (Phi) is 6.77. The lowest BCUT2D eigenvalue weighted by atomic mass is 10.2. The number of nitrogens with one attached hydrogen (secondary N) is 1. The minimum absolute atomic E-state index is 0.146. The predicted molar refractivity (Wildman–Crippen MR) is 72.0 cm³/mol. The number of unbranched alkanes of at least 4 members (excludes halogenated alkanes) is 2. The molecular weight excluding hydrogens is 229 g/mol. The van der Waals surface area contributed by atoms with Crippen LogP contribution in [0.1, 0.15) is 43.0 Å². The van der Waals surface area contributed by atoms with Gasteiger partial charge in [0, 0.05) is 12.1 Å². The van der Waals surface area contributed by atoms with E-state index in [0.717, 1.165) is 25.7 Å². The maximum absolute atomic E-state index is 12.7. The standard InChI is InChI=1S/C15H20FNO/c1-2-3-4-5-6-7-12-17-15(18)13-8-10-14(16)11-9-13/h4-5,8-11H,2-3,6-7,12H2,1H3,(H,17,18)/b5-4+. The number of carbonyl (C=O) groups is 1. The number of allylic oxidation sites excluding steroid dienone is 2. The second-order valence-electron chi connectivity index (χ2n) is 4.17. The molecule has 1 N–H and O–H groups in total. The number of amides is 1. The zero-order chi connectivity index (χ0) is 13.2. The molecule has 18 heavy (non-hydrogen) atoms.